The summed E-state index contributed by atoms with van der Waals surface area (Å²) in [5, 5.41) is 5.20. The van der Waals surface area contributed by atoms with Crippen molar-refractivity contribution >= 4 is 32.9 Å². The first kappa shape index (κ1) is 20.4. The van der Waals surface area contributed by atoms with E-state index in [1.54, 1.807) is 22.7 Å². The molecule has 4 heterocycles. The standard InChI is InChI=1S/C23H23N3O3S2/c1-2-28-16-5-7-17(8-6-16)29-22-21-18(19-4-3-13-30-19)15-31-23(21)25-20(24-22)14-26-9-11-27-12-10-26/h3-8,13,15H,2,9-12,14H2,1H3. The highest BCUT2D eigenvalue weighted by molar-refractivity contribution is 7.18. The number of rotatable bonds is 7. The molecule has 0 N–H and O–H groups in total. The van der Waals surface area contributed by atoms with Crippen molar-refractivity contribution in [2.24, 2.45) is 0 Å². The van der Waals surface area contributed by atoms with Crippen LogP contribution in [0.2, 0.25) is 0 Å². The fourth-order valence-electron chi connectivity index (χ4n) is 3.55. The van der Waals surface area contributed by atoms with E-state index in [1.807, 2.05) is 31.2 Å². The lowest BCUT2D eigenvalue weighted by Crippen LogP contribution is -2.36. The summed E-state index contributed by atoms with van der Waals surface area (Å²) < 4.78 is 17.3. The van der Waals surface area contributed by atoms with E-state index in [4.69, 9.17) is 24.2 Å². The number of aromatic nitrogens is 2. The molecule has 1 aliphatic heterocycles. The van der Waals surface area contributed by atoms with Crippen molar-refractivity contribution in [1.82, 2.24) is 14.9 Å². The number of ether oxygens (including phenoxy) is 3. The molecule has 8 heteroatoms. The van der Waals surface area contributed by atoms with Gasteiger partial charge in [-0.1, -0.05) is 6.07 Å². The van der Waals surface area contributed by atoms with E-state index in [0.29, 0.717) is 19.0 Å². The molecule has 0 aliphatic carbocycles. The van der Waals surface area contributed by atoms with Crippen molar-refractivity contribution < 1.29 is 14.2 Å². The second kappa shape index (κ2) is 9.32. The van der Waals surface area contributed by atoms with Gasteiger partial charge in [-0.2, -0.15) is 4.98 Å². The number of hydrogen-bond donors (Lipinski definition) is 0. The predicted molar refractivity (Wildman–Crippen MR) is 125 cm³/mol. The molecule has 0 spiro atoms. The van der Waals surface area contributed by atoms with Crippen molar-refractivity contribution in [3.05, 3.63) is 53.0 Å². The summed E-state index contributed by atoms with van der Waals surface area (Å²) >= 11 is 3.34. The van der Waals surface area contributed by atoms with Crippen molar-refractivity contribution in [2.45, 2.75) is 13.5 Å². The van der Waals surface area contributed by atoms with E-state index < -0.39 is 0 Å². The molecule has 1 fully saturated rings. The van der Waals surface area contributed by atoms with E-state index in [9.17, 15) is 0 Å². The Bertz CT molecular complexity index is 1140. The van der Waals surface area contributed by atoms with Crippen LogP contribution in [0.25, 0.3) is 20.7 Å². The summed E-state index contributed by atoms with van der Waals surface area (Å²) in [6.45, 7) is 6.57. The molecular weight excluding hydrogens is 430 g/mol. The van der Waals surface area contributed by atoms with Crippen LogP contribution < -0.4 is 9.47 Å². The molecule has 5 rings (SSSR count). The van der Waals surface area contributed by atoms with Crippen molar-refractivity contribution in [1.29, 1.82) is 0 Å². The summed E-state index contributed by atoms with van der Waals surface area (Å²) in [5.74, 6) is 2.92. The Labute approximate surface area is 189 Å². The van der Waals surface area contributed by atoms with E-state index >= 15 is 0 Å². The monoisotopic (exact) mass is 453 g/mol. The molecular formula is C23H23N3O3S2. The summed E-state index contributed by atoms with van der Waals surface area (Å²) in [5.41, 5.74) is 1.12. The number of thiophene rings is 2. The lowest BCUT2D eigenvalue weighted by molar-refractivity contribution is 0.0330. The highest BCUT2D eigenvalue weighted by Crippen LogP contribution is 2.41. The average molecular weight is 454 g/mol. The smallest absolute Gasteiger partial charge is 0.232 e. The summed E-state index contributed by atoms with van der Waals surface area (Å²) in [7, 11) is 0. The Hall–Kier alpha value is -2.52. The molecule has 4 aromatic rings. The van der Waals surface area contributed by atoms with Gasteiger partial charge in [0.1, 0.15) is 22.2 Å². The third kappa shape index (κ3) is 4.57. The summed E-state index contributed by atoms with van der Waals surface area (Å²) in [4.78, 5) is 14.2. The van der Waals surface area contributed by atoms with Gasteiger partial charge in [0.05, 0.1) is 31.8 Å². The third-order valence-corrected chi connectivity index (χ3v) is 6.83. The zero-order chi connectivity index (χ0) is 21.0. The van der Waals surface area contributed by atoms with Gasteiger partial charge in [0, 0.05) is 28.9 Å². The zero-order valence-electron chi connectivity index (χ0n) is 17.2. The first-order chi connectivity index (χ1) is 15.3. The molecule has 3 aromatic heterocycles. The van der Waals surface area contributed by atoms with Gasteiger partial charge < -0.3 is 14.2 Å². The predicted octanol–water partition coefficient (Wildman–Crippen LogP) is 5.44. The molecule has 0 atom stereocenters. The van der Waals surface area contributed by atoms with Gasteiger partial charge in [-0.05, 0) is 42.6 Å². The molecule has 31 heavy (non-hydrogen) atoms. The first-order valence-electron chi connectivity index (χ1n) is 10.3. The maximum absolute atomic E-state index is 6.31. The van der Waals surface area contributed by atoms with Gasteiger partial charge >= 0.3 is 0 Å². The fraction of sp³-hybridized carbons (Fsp3) is 0.304. The lowest BCUT2D eigenvalue weighted by Gasteiger charge is -2.25. The van der Waals surface area contributed by atoms with Crippen LogP contribution in [0.15, 0.2) is 47.2 Å². The lowest BCUT2D eigenvalue weighted by atomic mass is 10.2. The summed E-state index contributed by atoms with van der Waals surface area (Å²) in [6.07, 6.45) is 0. The van der Waals surface area contributed by atoms with E-state index in [0.717, 1.165) is 59.4 Å². The van der Waals surface area contributed by atoms with Crippen LogP contribution in [0.1, 0.15) is 12.7 Å². The molecule has 1 saturated heterocycles. The quantitative estimate of drug-likeness (QED) is 0.371. The van der Waals surface area contributed by atoms with Crippen LogP contribution in [-0.4, -0.2) is 47.8 Å². The fourth-order valence-corrected chi connectivity index (χ4v) is 5.32. The number of hydrogen-bond acceptors (Lipinski definition) is 8. The van der Waals surface area contributed by atoms with Crippen LogP contribution in [0, 0.1) is 0 Å². The Kier molecular flexibility index (Phi) is 6.13. The van der Waals surface area contributed by atoms with Gasteiger partial charge in [-0.15, -0.1) is 22.7 Å². The largest absolute Gasteiger partial charge is 0.494 e. The molecule has 1 aliphatic rings. The van der Waals surface area contributed by atoms with Crippen LogP contribution in [-0.2, 0) is 11.3 Å². The molecule has 1 aromatic carbocycles. The SMILES string of the molecule is CCOc1ccc(Oc2nc(CN3CCOCC3)nc3scc(-c4cccs4)c23)cc1. The van der Waals surface area contributed by atoms with E-state index in [-0.39, 0.29) is 0 Å². The summed E-state index contributed by atoms with van der Waals surface area (Å²) in [6, 6.07) is 11.8. The van der Waals surface area contributed by atoms with Gasteiger partial charge in [0.15, 0.2) is 0 Å². The normalized spacial score (nSPS) is 14.7. The number of morpholine rings is 1. The highest BCUT2D eigenvalue weighted by atomic mass is 32.1. The highest BCUT2D eigenvalue weighted by Gasteiger charge is 2.20. The molecule has 0 unspecified atom stereocenters. The van der Waals surface area contributed by atoms with Gasteiger partial charge in [-0.3, -0.25) is 4.90 Å². The molecule has 0 bridgehead atoms. The Morgan fingerprint density at radius 1 is 1.03 bits per heavy atom. The minimum absolute atomic E-state index is 0.599. The van der Waals surface area contributed by atoms with Gasteiger partial charge in [0.2, 0.25) is 5.88 Å². The van der Waals surface area contributed by atoms with Crippen LogP contribution in [0.5, 0.6) is 17.4 Å². The molecule has 0 radical (unpaired) electrons. The van der Waals surface area contributed by atoms with Crippen LogP contribution in [0.4, 0.5) is 0 Å². The number of benzene rings is 1. The Balaban J connectivity index is 1.52. The van der Waals surface area contributed by atoms with Crippen molar-refractivity contribution in [3.8, 4) is 27.8 Å². The number of fused-ring (bicyclic) bond motifs is 1. The van der Waals surface area contributed by atoms with Crippen molar-refractivity contribution in [2.75, 3.05) is 32.9 Å². The minimum atomic E-state index is 0.599. The average Bonchev–Trinajstić information content (AvgIpc) is 3.46. The number of nitrogens with zero attached hydrogens (tertiary/aromatic N) is 3. The Morgan fingerprint density at radius 3 is 2.58 bits per heavy atom. The van der Waals surface area contributed by atoms with Crippen molar-refractivity contribution in [3.63, 3.8) is 0 Å². The van der Waals surface area contributed by atoms with Crippen LogP contribution >= 0.6 is 22.7 Å². The maximum atomic E-state index is 6.31. The molecule has 160 valence electrons. The molecule has 6 nitrogen and oxygen atoms in total. The first-order valence-corrected chi connectivity index (χ1v) is 12.1. The Morgan fingerprint density at radius 2 is 1.84 bits per heavy atom. The van der Waals surface area contributed by atoms with Gasteiger partial charge in [-0.25, -0.2) is 4.98 Å². The maximum Gasteiger partial charge on any atom is 0.232 e. The zero-order valence-corrected chi connectivity index (χ0v) is 18.9. The van der Waals surface area contributed by atoms with Crippen LogP contribution in [0.3, 0.4) is 0 Å². The third-order valence-electron chi connectivity index (χ3n) is 5.05. The van der Waals surface area contributed by atoms with E-state index in [2.05, 4.69) is 27.8 Å². The second-order valence-electron chi connectivity index (χ2n) is 7.15. The van der Waals surface area contributed by atoms with E-state index in [1.165, 1.54) is 4.88 Å². The molecule has 0 amide bonds. The minimum Gasteiger partial charge on any atom is -0.494 e. The second-order valence-corrected chi connectivity index (χ2v) is 8.95. The topological polar surface area (TPSA) is 56.7 Å². The molecule has 0 saturated carbocycles. The van der Waals surface area contributed by atoms with Gasteiger partial charge in [0.25, 0.3) is 0 Å².